The van der Waals surface area contributed by atoms with E-state index < -0.39 is 5.94 Å². The minimum atomic E-state index is -1.49. The van der Waals surface area contributed by atoms with Crippen molar-refractivity contribution in [2.75, 3.05) is 0 Å². The predicted octanol–water partition coefficient (Wildman–Crippen LogP) is 8.54. The Bertz CT molecular complexity index is 774. The molecule has 0 N–H and O–H groups in total. The second kappa shape index (κ2) is 13.4. The molecule has 2 aliphatic rings. The minimum absolute atomic E-state index is 0. The third kappa shape index (κ3) is 6.55. The number of halogens is 3. The maximum atomic E-state index is 2.80. The van der Waals surface area contributed by atoms with Crippen LogP contribution in [0.3, 0.4) is 0 Å². The molecule has 0 radical (unpaired) electrons. The molecule has 0 nitrogen and oxygen atoms in total. The molecule has 2 unspecified atom stereocenters. The van der Waals surface area contributed by atoms with Gasteiger partial charge in [-0.1, -0.05) is 0 Å². The molecule has 0 amide bonds. The van der Waals surface area contributed by atoms with Gasteiger partial charge in [0.25, 0.3) is 0 Å². The third-order valence-corrected chi connectivity index (χ3v) is 20.6. The van der Waals surface area contributed by atoms with Gasteiger partial charge in [-0.15, -0.1) is 37.2 Å². The average Bonchev–Trinajstić information content (AvgIpc) is 2.91. The molecule has 0 aromatic heterocycles. The maximum Gasteiger partial charge on any atom is -0.147 e. The van der Waals surface area contributed by atoms with E-state index in [0.29, 0.717) is 5.92 Å². The summed E-state index contributed by atoms with van der Waals surface area (Å²) in [6.07, 6.45) is 9.75. The monoisotopic (exact) mass is 536 g/mol. The van der Waals surface area contributed by atoms with E-state index in [0.717, 1.165) is 5.54 Å². The first-order valence-corrected chi connectivity index (χ1v) is 17.3. The molecular weight excluding hydrogens is 495 g/mol. The summed E-state index contributed by atoms with van der Waals surface area (Å²) in [5.41, 5.74) is 9.07. The summed E-state index contributed by atoms with van der Waals surface area (Å²) in [7, 11) is 0. The zero-order valence-corrected chi connectivity index (χ0v) is 25.6. The van der Waals surface area contributed by atoms with Crippen LogP contribution in [0.5, 0.6) is 0 Å². The SMILES string of the molecule is CCc1cc(CC)cc([Si](C)([Ti][C]2=C(C)C(C)=C(C)C2C)C2CCCCC2)c1.Cl.Cl.Cl. The Balaban J connectivity index is 0.00000300. The molecule has 0 saturated heterocycles. The molecule has 0 spiro atoms. The fraction of sp³-hybridized carbons (Fsp3) is 0.615. The molecule has 31 heavy (non-hydrogen) atoms. The van der Waals surface area contributed by atoms with Gasteiger partial charge in [-0.2, -0.15) is 0 Å². The molecule has 2 atom stereocenters. The van der Waals surface area contributed by atoms with E-state index >= 15 is 0 Å². The summed E-state index contributed by atoms with van der Waals surface area (Å²) in [5, 5.41) is 1.81. The van der Waals surface area contributed by atoms with E-state index in [1.807, 2.05) is 9.06 Å². The molecule has 0 bridgehead atoms. The Hall–Kier alpha value is 0.501. The molecule has 0 heterocycles. The number of hydrogen-bond donors (Lipinski definition) is 0. The average molecular weight is 538 g/mol. The molecule has 1 aromatic rings. The van der Waals surface area contributed by atoms with E-state index in [1.165, 1.54) is 44.9 Å². The fourth-order valence-corrected chi connectivity index (χ4v) is 18.5. The van der Waals surface area contributed by atoms with Gasteiger partial charge in [-0.05, 0) is 0 Å². The zero-order valence-electron chi connectivity index (χ0n) is 20.6. The third-order valence-electron chi connectivity index (χ3n) is 7.93. The van der Waals surface area contributed by atoms with Gasteiger partial charge in [-0.3, -0.25) is 0 Å². The number of benzene rings is 1. The van der Waals surface area contributed by atoms with E-state index in [9.17, 15) is 0 Å². The molecule has 2 aliphatic carbocycles. The summed E-state index contributed by atoms with van der Waals surface area (Å²) < 4.78 is 1.90. The molecule has 0 aliphatic heterocycles. The number of hydrogen-bond acceptors (Lipinski definition) is 0. The smallest absolute Gasteiger partial charge is 0.147 e. The molecular formula is C26H43Cl3SiTi. The Morgan fingerprint density at radius 1 is 0.839 bits per heavy atom. The van der Waals surface area contributed by atoms with Crippen molar-refractivity contribution in [2.24, 2.45) is 5.92 Å². The van der Waals surface area contributed by atoms with Gasteiger partial charge in [0.15, 0.2) is 0 Å². The molecule has 176 valence electrons. The van der Waals surface area contributed by atoms with Crippen molar-refractivity contribution < 1.29 is 18.4 Å². The summed E-state index contributed by atoms with van der Waals surface area (Å²) in [5.74, 6) is -0.783. The summed E-state index contributed by atoms with van der Waals surface area (Å²) >= 11 is -0.103. The zero-order chi connectivity index (χ0) is 20.5. The largest absolute Gasteiger partial charge is 0.147 e. The molecule has 5 heteroatoms. The van der Waals surface area contributed by atoms with Crippen LogP contribution in [0.15, 0.2) is 38.8 Å². The van der Waals surface area contributed by atoms with Gasteiger partial charge in [0.1, 0.15) is 0 Å². The van der Waals surface area contributed by atoms with E-state index in [2.05, 4.69) is 66.3 Å². The van der Waals surface area contributed by atoms with E-state index in [4.69, 9.17) is 0 Å². The van der Waals surface area contributed by atoms with E-state index in [1.54, 1.807) is 27.8 Å². The van der Waals surface area contributed by atoms with Gasteiger partial charge < -0.3 is 0 Å². The van der Waals surface area contributed by atoms with Crippen LogP contribution in [-0.4, -0.2) is 5.94 Å². The van der Waals surface area contributed by atoms with Crippen molar-refractivity contribution in [1.29, 1.82) is 0 Å². The number of rotatable bonds is 6. The van der Waals surface area contributed by atoms with Crippen LogP contribution in [0.4, 0.5) is 0 Å². The predicted molar refractivity (Wildman–Crippen MR) is 145 cm³/mol. The Morgan fingerprint density at radius 2 is 1.35 bits per heavy atom. The van der Waals surface area contributed by atoms with Crippen LogP contribution in [0.1, 0.15) is 84.8 Å². The molecule has 3 rings (SSSR count). The van der Waals surface area contributed by atoms with Gasteiger partial charge in [-0.25, -0.2) is 0 Å². The maximum absolute atomic E-state index is 2.80. The first kappa shape index (κ1) is 31.5. The first-order valence-electron chi connectivity index (χ1n) is 11.6. The van der Waals surface area contributed by atoms with Crippen LogP contribution in [0.25, 0.3) is 0 Å². The van der Waals surface area contributed by atoms with Crippen LogP contribution < -0.4 is 5.19 Å². The van der Waals surface area contributed by atoms with Gasteiger partial charge >= 0.3 is 184 Å². The molecule has 1 fully saturated rings. The second-order valence-electron chi connectivity index (χ2n) is 9.48. The summed E-state index contributed by atoms with van der Waals surface area (Å²) in [6.45, 7) is 17.1. The number of aryl methyl sites for hydroxylation is 2. The Labute approximate surface area is 219 Å². The van der Waals surface area contributed by atoms with Gasteiger partial charge in [0.05, 0.1) is 0 Å². The summed E-state index contributed by atoms with van der Waals surface area (Å²) in [4.78, 5) is 0. The van der Waals surface area contributed by atoms with Crippen molar-refractivity contribution in [3.8, 4) is 0 Å². The normalized spacial score (nSPS) is 21.1. The quantitative estimate of drug-likeness (QED) is 0.319. The Kier molecular flexibility index (Phi) is 13.6. The second-order valence-corrected chi connectivity index (χ2v) is 20.4. The van der Waals surface area contributed by atoms with Crippen molar-refractivity contribution >= 4 is 48.3 Å². The minimum Gasteiger partial charge on any atom is -0.147 e. The fourth-order valence-electron chi connectivity index (χ4n) is 5.41. The van der Waals surface area contributed by atoms with Crippen molar-refractivity contribution in [2.45, 2.75) is 98.6 Å². The Morgan fingerprint density at radius 3 is 1.77 bits per heavy atom. The molecule has 1 aromatic carbocycles. The van der Waals surface area contributed by atoms with E-state index in [-0.39, 0.29) is 55.6 Å². The topological polar surface area (TPSA) is 0 Å². The van der Waals surface area contributed by atoms with Crippen LogP contribution >= 0.6 is 37.2 Å². The molecule has 1 saturated carbocycles. The standard InChI is InChI=1S/C17H27Si.C9H13.3ClH.Ti/c1-4-14-11-15(5-2)13-17(12-14)18(3)16-9-7-6-8-10-16;1-6-5-7(2)9(4)8(6)3;;;;/h11-13,16H,4-10H2,1-3H3;6H,1-4H3;3*1H;. The number of allylic oxidation sites excluding steroid dienone is 4. The summed E-state index contributed by atoms with van der Waals surface area (Å²) in [6, 6.07) is 7.76. The van der Waals surface area contributed by atoms with Crippen molar-refractivity contribution in [1.82, 2.24) is 0 Å². The van der Waals surface area contributed by atoms with Crippen LogP contribution in [0, 0.1) is 5.92 Å². The first-order chi connectivity index (χ1) is 13.3. The van der Waals surface area contributed by atoms with Crippen LogP contribution in [0.2, 0.25) is 12.1 Å². The van der Waals surface area contributed by atoms with Crippen molar-refractivity contribution in [3.05, 3.63) is 49.9 Å². The van der Waals surface area contributed by atoms with Gasteiger partial charge in [0, 0.05) is 0 Å². The van der Waals surface area contributed by atoms with Crippen molar-refractivity contribution in [3.63, 3.8) is 0 Å². The van der Waals surface area contributed by atoms with Crippen LogP contribution in [-0.2, 0) is 31.2 Å². The van der Waals surface area contributed by atoms with Gasteiger partial charge in [0.2, 0.25) is 0 Å².